The molecule has 21 heavy (non-hydrogen) atoms. The number of primary amides is 1. The maximum Gasteiger partial charge on any atom is 0.269 e. The zero-order valence-electron chi connectivity index (χ0n) is 11.7. The van der Waals surface area contributed by atoms with Crippen LogP contribution >= 0.6 is 0 Å². The standard InChI is InChI=1S/C14H17N5O2/c1-2-21-12-5-3-10(7-9(12)8-15)17-13-6-4-11(14(16)20)18-19-13/h3-7H,2,8,15H2,1H3,(H2,16,20)(H,17,19). The zero-order chi connectivity index (χ0) is 15.2. The van der Waals surface area contributed by atoms with Gasteiger partial charge in [-0.3, -0.25) is 4.79 Å². The number of nitrogens with zero attached hydrogens (tertiary/aromatic N) is 2. The van der Waals surface area contributed by atoms with E-state index in [-0.39, 0.29) is 5.69 Å². The summed E-state index contributed by atoms with van der Waals surface area (Å²) in [4.78, 5) is 10.9. The monoisotopic (exact) mass is 287 g/mol. The molecule has 0 unspecified atom stereocenters. The fourth-order valence-electron chi connectivity index (χ4n) is 1.79. The van der Waals surface area contributed by atoms with Crippen molar-refractivity contribution in [2.75, 3.05) is 11.9 Å². The van der Waals surface area contributed by atoms with Crippen molar-refractivity contribution < 1.29 is 9.53 Å². The second-order valence-corrected chi connectivity index (χ2v) is 4.25. The van der Waals surface area contributed by atoms with E-state index >= 15 is 0 Å². The number of anilines is 2. The molecular weight excluding hydrogens is 270 g/mol. The summed E-state index contributed by atoms with van der Waals surface area (Å²) in [5.74, 6) is 0.661. The molecule has 0 aliphatic heterocycles. The van der Waals surface area contributed by atoms with Gasteiger partial charge in [0.2, 0.25) is 0 Å². The first-order valence-electron chi connectivity index (χ1n) is 6.50. The Bertz CT molecular complexity index is 628. The fraction of sp³-hybridized carbons (Fsp3) is 0.214. The van der Waals surface area contributed by atoms with Crippen LogP contribution in [0.2, 0.25) is 0 Å². The molecule has 2 aromatic rings. The van der Waals surface area contributed by atoms with Gasteiger partial charge in [0.05, 0.1) is 6.61 Å². The van der Waals surface area contributed by atoms with Crippen LogP contribution in [0.4, 0.5) is 11.5 Å². The summed E-state index contributed by atoms with van der Waals surface area (Å²) in [5, 5.41) is 10.7. The van der Waals surface area contributed by atoms with E-state index in [2.05, 4.69) is 15.5 Å². The average molecular weight is 287 g/mol. The van der Waals surface area contributed by atoms with Gasteiger partial charge in [-0.1, -0.05) is 0 Å². The Labute approximate surface area is 122 Å². The molecule has 0 atom stereocenters. The van der Waals surface area contributed by atoms with Crippen molar-refractivity contribution in [2.24, 2.45) is 11.5 Å². The van der Waals surface area contributed by atoms with E-state index in [1.807, 2.05) is 25.1 Å². The van der Waals surface area contributed by atoms with Gasteiger partial charge < -0.3 is 21.5 Å². The number of rotatable bonds is 6. The molecule has 0 aliphatic rings. The highest BCUT2D eigenvalue weighted by molar-refractivity contribution is 5.90. The fourth-order valence-corrected chi connectivity index (χ4v) is 1.79. The Kier molecular flexibility index (Phi) is 4.68. The minimum absolute atomic E-state index is 0.120. The lowest BCUT2D eigenvalue weighted by molar-refractivity contribution is 0.0994. The molecule has 1 aromatic carbocycles. The molecular formula is C14H17N5O2. The largest absolute Gasteiger partial charge is 0.494 e. The van der Waals surface area contributed by atoms with Gasteiger partial charge in [0, 0.05) is 17.8 Å². The van der Waals surface area contributed by atoms with E-state index in [4.69, 9.17) is 16.2 Å². The van der Waals surface area contributed by atoms with E-state index in [9.17, 15) is 4.79 Å². The highest BCUT2D eigenvalue weighted by atomic mass is 16.5. The minimum Gasteiger partial charge on any atom is -0.494 e. The van der Waals surface area contributed by atoms with Crippen LogP contribution in [0.15, 0.2) is 30.3 Å². The van der Waals surface area contributed by atoms with Crippen LogP contribution in [-0.2, 0) is 6.54 Å². The molecule has 0 aliphatic carbocycles. The summed E-state index contributed by atoms with van der Waals surface area (Å²) in [7, 11) is 0. The Morgan fingerprint density at radius 3 is 2.67 bits per heavy atom. The summed E-state index contributed by atoms with van der Waals surface area (Å²) in [5.41, 5.74) is 12.6. The van der Waals surface area contributed by atoms with Crippen LogP contribution in [0.25, 0.3) is 0 Å². The van der Waals surface area contributed by atoms with Crippen molar-refractivity contribution in [3.63, 3.8) is 0 Å². The van der Waals surface area contributed by atoms with Crippen molar-refractivity contribution in [1.82, 2.24) is 10.2 Å². The van der Waals surface area contributed by atoms with Crippen LogP contribution in [-0.4, -0.2) is 22.7 Å². The maximum absolute atomic E-state index is 10.9. The van der Waals surface area contributed by atoms with Gasteiger partial charge in [0.15, 0.2) is 11.5 Å². The minimum atomic E-state index is -0.611. The summed E-state index contributed by atoms with van der Waals surface area (Å²) in [6.07, 6.45) is 0. The lowest BCUT2D eigenvalue weighted by Gasteiger charge is -2.11. The van der Waals surface area contributed by atoms with E-state index in [1.165, 1.54) is 6.07 Å². The summed E-state index contributed by atoms with van der Waals surface area (Å²) in [6, 6.07) is 8.73. The Morgan fingerprint density at radius 1 is 1.29 bits per heavy atom. The summed E-state index contributed by atoms with van der Waals surface area (Å²) >= 11 is 0. The predicted molar refractivity (Wildman–Crippen MR) is 79.3 cm³/mol. The van der Waals surface area contributed by atoms with Crippen molar-refractivity contribution in [1.29, 1.82) is 0 Å². The van der Waals surface area contributed by atoms with Gasteiger partial charge in [-0.25, -0.2) is 0 Å². The highest BCUT2D eigenvalue weighted by Gasteiger charge is 2.06. The topological polar surface area (TPSA) is 116 Å². The molecule has 7 nitrogen and oxygen atoms in total. The first-order chi connectivity index (χ1) is 10.1. The number of aromatic nitrogens is 2. The van der Waals surface area contributed by atoms with Crippen molar-refractivity contribution >= 4 is 17.4 Å². The van der Waals surface area contributed by atoms with E-state index in [0.29, 0.717) is 19.0 Å². The third-order valence-corrected chi connectivity index (χ3v) is 2.77. The average Bonchev–Trinajstić information content (AvgIpc) is 2.49. The van der Waals surface area contributed by atoms with Crippen molar-refractivity contribution in [3.05, 3.63) is 41.6 Å². The van der Waals surface area contributed by atoms with Crippen LogP contribution in [0.3, 0.4) is 0 Å². The van der Waals surface area contributed by atoms with Crippen molar-refractivity contribution in [2.45, 2.75) is 13.5 Å². The molecule has 1 amide bonds. The molecule has 0 fully saturated rings. The smallest absolute Gasteiger partial charge is 0.269 e. The molecule has 0 bridgehead atoms. The second kappa shape index (κ2) is 6.67. The number of nitrogens with two attached hydrogens (primary N) is 2. The normalized spacial score (nSPS) is 10.2. The first-order valence-corrected chi connectivity index (χ1v) is 6.50. The Balaban J connectivity index is 2.17. The number of carbonyl (C=O) groups excluding carboxylic acids is 1. The maximum atomic E-state index is 10.9. The van der Waals surface area contributed by atoms with E-state index in [0.717, 1.165) is 17.0 Å². The molecule has 0 saturated heterocycles. The summed E-state index contributed by atoms with van der Waals surface area (Å²) in [6.45, 7) is 2.87. The third kappa shape index (κ3) is 3.67. The molecule has 2 rings (SSSR count). The Morgan fingerprint density at radius 2 is 2.10 bits per heavy atom. The Hall–Kier alpha value is -2.67. The number of benzene rings is 1. The first kappa shape index (κ1) is 14.7. The van der Waals surface area contributed by atoms with Crippen LogP contribution in [0.1, 0.15) is 23.0 Å². The van der Waals surface area contributed by atoms with Gasteiger partial charge >= 0.3 is 0 Å². The number of hydrogen-bond donors (Lipinski definition) is 3. The quantitative estimate of drug-likeness (QED) is 0.734. The van der Waals surface area contributed by atoms with Gasteiger partial charge in [-0.2, -0.15) is 0 Å². The molecule has 110 valence electrons. The SMILES string of the molecule is CCOc1ccc(Nc2ccc(C(N)=O)nn2)cc1CN. The van der Waals surface area contributed by atoms with Crippen LogP contribution in [0, 0.1) is 0 Å². The second-order valence-electron chi connectivity index (χ2n) is 4.25. The molecule has 1 heterocycles. The number of nitrogens with one attached hydrogen (secondary N) is 1. The van der Waals surface area contributed by atoms with E-state index in [1.54, 1.807) is 6.07 Å². The summed E-state index contributed by atoms with van der Waals surface area (Å²) < 4.78 is 5.49. The van der Waals surface area contributed by atoms with Crippen LogP contribution < -0.4 is 21.5 Å². The lowest BCUT2D eigenvalue weighted by Crippen LogP contribution is -2.13. The number of amides is 1. The van der Waals surface area contributed by atoms with Crippen molar-refractivity contribution in [3.8, 4) is 5.75 Å². The lowest BCUT2D eigenvalue weighted by atomic mass is 10.1. The molecule has 0 radical (unpaired) electrons. The molecule has 0 spiro atoms. The van der Waals surface area contributed by atoms with E-state index < -0.39 is 5.91 Å². The van der Waals surface area contributed by atoms with Gasteiger partial charge in [0.25, 0.3) is 5.91 Å². The predicted octanol–water partition coefficient (Wildman–Crippen LogP) is 1.18. The van der Waals surface area contributed by atoms with Gasteiger partial charge in [-0.15, -0.1) is 10.2 Å². The molecule has 7 heteroatoms. The third-order valence-electron chi connectivity index (χ3n) is 2.77. The highest BCUT2D eigenvalue weighted by Crippen LogP contribution is 2.24. The van der Waals surface area contributed by atoms with Gasteiger partial charge in [-0.05, 0) is 37.3 Å². The molecule has 1 aromatic heterocycles. The number of hydrogen-bond acceptors (Lipinski definition) is 6. The number of carbonyl (C=O) groups is 1. The number of ether oxygens (including phenoxy) is 1. The molecule has 0 saturated carbocycles. The van der Waals surface area contributed by atoms with Gasteiger partial charge in [0.1, 0.15) is 5.75 Å². The zero-order valence-corrected chi connectivity index (χ0v) is 11.7. The molecule has 5 N–H and O–H groups in total. The van der Waals surface area contributed by atoms with Crippen LogP contribution in [0.5, 0.6) is 5.75 Å².